The summed E-state index contributed by atoms with van der Waals surface area (Å²) in [6, 6.07) is 0.633. The maximum Gasteiger partial charge on any atom is 0.0769 e. The van der Waals surface area contributed by atoms with Gasteiger partial charge >= 0.3 is 0 Å². The lowest BCUT2D eigenvalue weighted by Gasteiger charge is -2.44. The number of rotatable bonds is 3. The molecule has 0 radical (unpaired) electrons. The summed E-state index contributed by atoms with van der Waals surface area (Å²) in [7, 11) is 0. The number of nitrogens with one attached hydrogen (secondary N) is 1. The molecule has 0 bridgehead atoms. The third-order valence-electron chi connectivity index (χ3n) is 2.72. The van der Waals surface area contributed by atoms with Crippen molar-refractivity contribution in [1.29, 1.82) is 0 Å². The minimum absolute atomic E-state index is 0.395. The van der Waals surface area contributed by atoms with E-state index in [1.165, 1.54) is 22.2 Å². The van der Waals surface area contributed by atoms with Gasteiger partial charge in [-0.15, -0.1) is 5.10 Å². The van der Waals surface area contributed by atoms with Crippen LogP contribution in [-0.2, 0) is 6.54 Å². The first-order chi connectivity index (χ1) is 6.59. The molecule has 1 aliphatic rings. The Morgan fingerprint density at radius 2 is 2.36 bits per heavy atom. The number of aromatic nitrogens is 2. The fraction of sp³-hybridized carbons (Fsp3) is 0.778. The van der Waals surface area contributed by atoms with Crippen molar-refractivity contribution in [2.24, 2.45) is 0 Å². The maximum atomic E-state index is 4.00. The molecule has 14 heavy (non-hydrogen) atoms. The van der Waals surface area contributed by atoms with Crippen LogP contribution in [0.15, 0.2) is 0 Å². The monoisotopic (exact) mass is 229 g/mol. The molecule has 0 amide bonds. The molecule has 2 rings (SSSR count). The quantitative estimate of drug-likeness (QED) is 0.858. The zero-order valence-corrected chi connectivity index (χ0v) is 10.3. The van der Waals surface area contributed by atoms with Gasteiger partial charge in [0.05, 0.1) is 10.6 Å². The van der Waals surface area contributed by atoms with Gasteiger partial charge in [-0.1, -0.05) is 4.49 Å². The molecule has 1 fully saturated rings. The van der Waals surface area contributed by atoms with Crippen LogP contribution in [0.4, 0.5) is 0 Å². The second kappa shape index (κ2) is 3.79. The average molecular weight is 229 g/mol. The van der Waals surface area contributed by atoms with E-state index in [9.17, 15) is 0 Å². The first-order valence-electron chi connectivity index (χ1n) is 4.75. The second-order valence-corrected chi connectivity index (χ2v) is 6.64. The van der Waals surface area contributed by atoms with Crippen molar-refractivity contribution in [3.63, 3.8) is 0 Å². The van der Waals surface area contributed by atoms with Crippen LogP contribution < -0.4 is 5.32 Å². The van der Waals surface area contributed by atoms with E-state index in [1.54, 1.807) is 0 Å². The highest BCUT2D eigenvalue weighted by molar-refractivity contribution is 8.02. The minimum Gasteiger partial charge on any atom is -0.307 e. The lowest BCUT2D eigenvalue weighted by Crippen LogP contribution is -2.54. The molecule has 1 aromatic rings. The molecule has 0 aromatic carbocycles. The molecular weight excluding hydrogens is 214 g/mol. The normalized spacial score (nSPS) is 24.6. The fourth-order valence-corrected chi connectivity index (χ4v) is 3.22. The molecular formula is C9H15N3S2. The van der Waals surface area contributed by atoms with Crippen LogP contribution in [0.2, 0.25) is 0 Å². The van der Waals surface area contributed by atoms with Gasteiger partial charge in [0.1, 0.15) is 0 Å². The maximum absolute atomic E-state index is 4.00. The van der Waals surface area contributed by atoms with Gasteiger partial charge in [-0.3, -0.25) is 0 Å². The molecule has 2 heterocycles. The molecule has 3 nitrogen and oxygen atoms in total. The van der Waals surface area contributed by atoms with Crippen LogP contribution >= 0.6 is 23.3 Å². The lowest BCUT2D eigenvalue weighted by molar-refractivity contribution is 0.437. The molecule has 78 valence electrons. The molecule has 1 aliphatic heterocycles. The van der Waals surface area contributed by atoms with Gasteiger partial charge in [-0.25, -0.2) is 0 Å². The van der Waals surface area contributed by atoms with Crippen LogP contribution in [0.25, 0.3) is 0 Å². The van der Waals surface area contributed by atoms with E-state index in [4.69, 9.17) is 0 Å². The number of nitrogens with zero attached hydrogens (tertiary/aromatic N) is 2. The number of hydrogen-bond donors (Lipinski definition) is 1. The Morgan fingerprint density at radius 3 is 2.79 bits per heavy atom. The first-order valence-corrected chi connectivity index (χ1v) is 6.50. The Hall–Kier alpha value is -0.130. The van der Waals surface area contributed by atoms with Crippen molar-refractivity contribution in [3.05, 3.63) is 10.6 Å². The van der Waals surface area contributed by atoms with Gasteiger partial charge in [-0.05, 0) is 32.3 Å². The van der Waals surface area contributed by atoms with Crippen LogP contribution in [0.1, 0.15) is 24.4 Å². The van der Waals surface area contributed by atoms with Gasteiger partial charge < -0.3 is 5.32 Å². The van der Waals surface area contributed by atoms with Crippen molar-refractivity contribution in [2.75, 3.05) is 5.75 Å². The molecule has 0 aliphatic carbocycles. The topological polar surface area (TPSA) is 37.8 Å². The molecule has 1 aromatic heterocycles. The van der Waals surface area contributed by atoms with Crippen LogP contribution in [0.5, 0.6) is 0 Å². The van der Waals surface area contributed by atoms with E-state index in [0.717, 1.165) is 12.2 Å². The van der Waals surface area contributed by atoms with Crippen LogP contribution in [-0.4, -0.2) is 26.1 Å². The molecule has 1 saturated heterocycles. The predicted molar refractivity (Wildman–Crippen MR) is 61.8 cm³/mol. The zero-order valence-electron chi connectivity index (χ0n) is 8.70. The number of thioether (sulfide) groups is 1. The largest absolute Gasteiger partial charge is 0.307 e. The van der Waals surface area contributed by atoms with E-state index in [-0.39, 0.29) is 0 Å². The lowest BCUT2D eigenvalue weighted by atomic mass is 10.0. The summed E-state index contributed by atoms with van der Waals surface area (Å²) in [4.78, 5) is 1.26. The molecule has 0 spiro atoms. The molecule has 5 heteroatoms. The summed E-state index contributed by atoms with van der Waals surface area (Å²) in [5.74, 6) is 1.22. The standard InChI is InChI=1S/C9H15N3S2/c1-6-7(14-12-11-6)4-10-8-5-13-9(8,2)3/h8,10H,4-5H2,1-3H3. The minimum atomic E-state index is 0.395. The Morgan fingerprint density at radius 1 is 1.57 bits per heavy atom. The Labute approximate surface area is 92.8 Å². The van der Waals surface area contributed by atoms with Gasteiger partial charge in [0.2, 0.25) is 0 Å². The van der Waals surface area contributed by atoms with Crippen molar-refractivity contribution < 1.29 is 0 Å². The van der Waals surface area contributed by atoms with Crippen molar-refractivity contribution in [1.82, 2.24) is 14.9 Å². The average Bonchev–Trinajstić information content (AvgIpc) is 2.50. The van der Waals surface area contributed by atoms with E-state index in [2.05, 4.69) is 28.8 Å². The summed E-state index contributed by atoms with van der Waals surface area (Å²) in [6.07, 6.45) is 0. The Balaban J connectivity index is 1.87. The summed E-state index contributed by atoms with van der Waals surface area (Å²) in [5.41, 5.74) is 1.06. The van der Waals surface area contributed by atoms with Gasteiger partial charge in [-0.2, -0.15) is 11.8 Å². The Bertz CT molecular complexity index is 322. The summed E-state index contributed by atoms with van der Waals surface area (Å²) in [6.45, 7) is 7.51. The highest BCUT2D eigenvalue weighted by Gasteiger charge is 2.38. The van der Waals surface area contributed by atoms with Gasteiger partial charge in [0.25, 0.3) is 0 Å². The smallest absolute Gasteiger partial charge is 0.0769 e. The van der Waals surface area contributed by atoms with Gasteiger partial charge in [0, 0.05) is 23.1 Å². The van der Waals surface area contributed by atoms with E-state index in [1.807, 2.05) is 18.7 Å². The SMILES string of the molecule is Cc1nnsc1CNC1CSC1(C)C. The first kappa shape index (κ1) is 10.4. The second-order valence-electron chi connectivity index (χ2n) is 4.13. The molecule has 0 saturated carbocycles. The third kappa shape index (κ3) is 1.94. The van der Waals surface area contributed by atoms with Gasteiger partial charge in [0.15, 0.2) is 0 Å². The zero-order chi connectivity index (χ0) is 10.2. The van der Waals surface area contributed by atoms with E-state index < -0.39 is 0 Å². The summed E-state index contributed by atoms with van der Waals surface area (Å²) < 4.78 is 4.32. The van der Waals surface area contributed by atoms with Crippen molar-refractivity contribution in [3.8, 4) is 0 Å². The van der Waals surface area contributed by atoms with Crippen LogP contribution in [0, 0.1) is 6.92 Å². The van der Waals surface area contributed by atoms with E-state index >= 15 is 0 Å². The van der Waals surface area contributed by atoms with Crippen molar-refractivity contribution >= 4 is 23.3 Å². The molecule has 1 atom stereocenters. The van der Waals surface area contributed by atoms with E-state index in [0.29, 0.717) is 10.8 Å². The number of hydrogen-bond acceptors (Lipinski definition) is 5. The summed E-state index contributed by atoms with van der Waals surface area (Å²) in [5, 5.41) is 7.56. The molecule has 1 unspecified atom stereocenters. The number of aryl methyl sites for hydroxylation is 1. The predicted octanol–water partition coefficient (Wildman–Crippen LogP) is 1.83. The Kier molecular flexibility index (Phi) is 2.81. The fourth-order valence-electron chi connectivity index (χ4n) is 1.43. The third-order valence-corrected chi connectivity index (χ3v) is 5.07. The van der Waals surface area contributed by atoms with Crippen molar-refractivity contribution in [2.45, 2.75) is 38.1 Å². The summed E-state index contributed by atoms with van der Waals surface area (Å²) >= 11 is 3.52. The molecule has 1 N–H and O–H groups in total. The highest BCUT2D eigenvalue weighted by Crippen LogP contribution is 2.40. The van der Waals surface area contributed by atoms with Crippen LogP contribution in [0.3, 0.4) is 0 Å². The highest BCUT2D eigenvalue weighted by atomic mass is 32.2.